The number of ether oxygens (including phenoxy) is 3. The van der Waals surface area contributed by atoms with Crippen molar-refractivity contribution in [2.45, 2.75) is 18.9 Å². The van der Waals surface area contributed by atoms with Crippen LogP contribution in [0, 0.1) is 27.2 Å². The van der Waals surface area contributed by atoms with Gasteiger partial charge in [-0.05, 0) is 59.0 Å². The first-order valence-electron chi connectivity index (χ1n) is 9.15. The Hall–Kier alpha value is -2.43. The maximum Gasteiger partial charge on any atom is 0.347 e. The number of fused-ring (bicyclic) bond motifs is 2. The summed E-state index contributed by atoms with van der Waals surface area (Å²) in [6.07, 6.45) is 3.78. The van der Waals surface area contributed by atoms with E-state index >= 15 is 0 Å². The number of rotatable bonds is 5. The lowest BCUT2D eigenvalue weighted by Crippen LogP contribution is -2.38. The van der Waals surface area contributed by atoms with E-state index in [1.165, 1.54) is 12.1 Å². The smallest absolute Gasteiger partial charge is 0.347 e. The molecule has 5 unspecified atom stereocenters. The van der Waals surface area contributed by atoms with Gasteiger partial charge in [0.15, 0.2) is 0 Å². The monoisotopic (exact) mass is 512 g/mol. The van der Waals surface area contributed by atoms with Crippen LogP contribution >= 0.6 is 22.6 Å². The lowest BCUT2D eigenvalue weighted by atomic mass is 9.83. The van der Waals surface area contributed by atoms with E-state index in [4.69, 9.17) is 19.3 Å². The Kier molecular flexibility index (Phi) is 5.32. The van der Waals surface area contributed by atoms with Gasteiger partial charge in [0.1, 0.15) is 5.75 Å². The predicted molar refractivity (Wildman–Crippen MR) is 105 cm³/mol. The highest BCUT2D eigenvalue weighted by molar-refractivity contribution is 14.1. The third kappa shape index (κ3) is 3.75. The average Bonchev–Trinajstić information content (AvgIpc) is 3.39. The second-order valence-electron chi connectivity index (χ2n) is 7.25. The van der Waals surface area contributed by atoms with Crippen LogP contribution in [0.5, 0.6) is 5.75 Å². The first kappa shape index (κ1) is 19.9. The van der Waals surface area contributed by atoms with Crippen molar-refractivity contribution < 1.29 is 38.5 Å². The van der Waals surface area contributed by atoms with Crippen LogP contribution in [0.25, 0.3) is 0 Å². The number of cyclic esters (lactones) is 1. The molecular weight excluding hydrogens is 495 g/mol. The summed E-state index contributed by atoms with van der Waals surface area (Å²) in [7, 11) is 0. The summed E-state index contributed by atoms with van der Waals surface area (Å²) in [4.78, 5) is 48.5. The van der Waals surface area contributed by atoms with Crippen molar-refractivity contribution in [2.75, 3.05) is 6.61 Å². The molecular formula is C20H17IO8. The van der Waals surface area contributed by atoms with E-state index in [-0.39, 0.29) is 29.8 Å². The van der Waals surface area contributed by atoms with Crippen LogP contribution in [0.2, 0.25) is 0 Å². The molecule has 1 saturated heterocycles. The van der Waals surface area contributed by atoms with Gasteiger partial charge in [-0.2, -0.15) is 0 Å². The third-order valence-corrected chi connectivity index (χ3v) is 6.43. The van der Waals surface area contributed by atoms with Crippen LogP contribution in [-0.4, -0.2) is 41.7 Å². The van der Waals surface area contributed by atoms with E-state index in [1.807, 2.05) is 34.7 Å². The summed E-state index contributed by atoms with van der Waals surface area (Å²) in [5, 5.41) is 9.15. The summed E-state index contributed by atoms with van der Waals surface area (Å²) in [6.45, 7) is 0.206. The van der Waals surface area contributed by atoms with E-state index in [0.717, 1.165) is 0 Å². The predicted octanol–water partition coefficient (Wildman–Crippen LogP) is 2.19. The average molecular weight is 512 g/mol. The third-order valence-electron chi connectivity index (χ3n) is 5.54. The summed E-state index contributed by atoms with van der Waals surface area (Å²) in [5.41, 5.74) is -0.00300. The molecule has 8 nitrogen and oxygen atoms in total. The summed E-state index contributed by atoms with van der Waals surface area (Å²) in [5.74, 6) is -4.62. The van der Waals surface area contributed by atoms with Crippen LogP contribution in [0.15, 0.2) is 30.4 Å². The molecule has 1 aromatic rings. The Bertz CT molecular complexity index is 923. The fraction of sp³-hybridized carbons (Fsp3) is 0.400. The Labute approximate surface area is 179 Å². The van der Waals surface area contributed by atoms with Gasteiger partial charge in [0.25, 0.3) is 0 Å². The lowest BCUT2D eigenvalue weighted by Gasteiger charge is -2.25. The topological polar surface area (TPSA) is 116 Å². The highest BCUT2D eigenvalue weighted by Gasteiger charge is 2.54. The number of allylic oxidation sites excluding steroid dienone is 2. The molecule has 1 saturated carbocycles. The van der Waals surface area contributed by atoms with Gasteiger partial charge in [0.05, 0.1) is 27.6 Å². The van der Waals surface area contributed by atoms with E-state index in [0.29, 0.717) is 16.4 Å². The molecule has 3 aliphatic rings. The number of carbonyl (C=O) groups excluding carboxylic acids is 3. The fourth-order valence-electron chi connectivity index (χ4n) is 4.16. The molecule has 2 fully saturated rings. The second-order valence-corrected chi connectivity index (χ2v) is 8.42. The van der Waals surface area contributed by atoms with Gasteiger partial charge < -0.3 is 19.3 Å². The van der Waals surface area contributed by atoms with E-state index < -0.39 is 41.8 Å². The van der Waals surface area contributed by atoms with Crippen LogP contribution in [0.4, 0.5) is 0 Å². The molecule has 1 aromatic carbocycles. The van der Waals surface area contributed by atoms with Crippen molar-refractivity contribution in [3.05, 3.63) is 39.5 Å². The van der Waals surface area contributed by atoms with Crippen LogP contribution < -0.4 is 4.74 Å². The molecule has 0 radical (unpaired) electrons. The number of carboxylic acids is 1. The summed E-state index contributed by atoms with van der Waals surface area (Å²) >= 11 is 1.95. The number of benzene rings is 1. The molecule has 1 aliphatic heterocycles. The molecule has 0 amide bonds. The van der Waals surface area contributed by atoms with Gasteiger partial charge in [-0.1, -0.05) is 12.2 Å². The van der Waals surface area contributed by atoms with Gasteiger partial charge in [0, 0.05) is 6.42 Å². The van der Waals surface area contributed by atoms with Gasteiger partial charge in [-0.3, -0.25) is 9.59 Å². The molecule has 0 spiro atoms. The Morgan fingerprint density at radius 1 is 1.10 bits per heavy atom. The van der Waals surface area contributed by atoms with Crippen molar-refractivity contribution in [1.29, 1.82) is 0 Å². The molecule has 1 heterocycles. The quantitative estimate of drug-likeness (QED) is 0.276. The van der Waals surface area contributed by atoms with Gasteiger partial charge in [0.2, 0.25) is 6.10 Å². The molecule has 4 rings (SSSR count). The zero-order valence-corrected chi connectivity index (χ0v) is 17.2. The Morgan fingerprint density at radius 2 is 1.79 bits per heavy atom. The molecule has 0 aromatic heterocycles. The zero-order chi connectivity index (χ0) is 20.7. The zero-order valence-electron chi connectivity index (χ0n) is 15.1. The number of esters is 3. The largest absolute Gasteiger partial charge is 0.478 e. The normalized spacial score (nSPS) is 29.6. The van der Waals surface area contributed by atoms with Crippen molar-refractivity contribution >= 4 is 46.5 Å². The SMILES string of the molecule is O=C(O)c1ccc(I)c(OC(=O)C2C3C=CC(C3)C2C(=O)OC2CCOC2=O)c1. The molecule has 9 heteroatoms. The minimum atomic E-state index is -1.13. The van der Waals surface area contributed by atoms with Crippen molar-refractivity contribution in [3.8, 4) is 5.75 Å². The lowest BCUT2D eigenvalue weighted by molar-refractivity contribution is -0.167. The summed E-state index contributed by atoms with van der Waals surface area (Å²) < 4.78 is 16.2. The van der Waals surface area contributed by atoms with Gasteiger partial charge in [-0.25, -0.2) is 9.59 Å². The standard InChI is InChI=1S/C20H17IO8/c21-12-4-3-11(17(22)23)8-14(12)29-20(26)16-10-2-1-9(7-10)15(16)19(25)28-13-5-6-27-18(13)24/h1-4,8-10,13,15-16H,5-7H2,(H,22,23). The fourth-order valence-corrected chi connectivity index (χ4v) is 4.60. The number of hydrogen-bond acceptors (Lipinski definition) is 7. The molecule has 1 N–H and O–H groups in total. The van der Waals surface area contributed by atoms with Gasteiger partial charge >= 0.3 is 23.9 Å². The minimum absolute atomic E-state index is 0.00300. The molecule has 2 aliphatic carbocycles. The second kappa shape index (κ2) is 7.77. The number of carbonyl (C=O) groups is 4. The minimum Gasteiger partial charge on any atom is -0.478 e. The Morgan fingerprint density at radius 3 is 2.41 bits per heavy atom. The van der Waals surface area contributed by atoms with Crippen LogP contribution in [-0.2, 0) is 23.9 Å². The van der Waals surface area contributed by atoms with Crippen molar-refractivity contribution in [2.24, 2.45) is 23.7 Å². The van der Waals surface area contributed by atoms with E-state index in [2.05, 4.69) is 0 Å². The number of halogens is 1. The molecule has 152 valence electrons. The summed E-state index contributed by atoms with van der Waals surface area (Å²) in [6, 6.07) is 4.25. The Balaban J connectivity index is 1.53. The van der Waals surface area contributed by atoms with Crippen molar-refractivity contribution in [3.63, 3.8) is 0 Å². The van der Waals surface area contributed by atoms with Gasteiger partial charge in [-0.15, -0.1) is 0 Å². The number of aromatic carboxylic acids is 1. The maximum atomic E-state index is 12.9. The highest BCUT2D eigenvalue weighted by Crippen LogP contribution is 2.49. The maximum absolute atomic E-state index is 12.9. The molecule has 5 atom stereocenters. The molecule has 29 heavy (non-hydrogen) atoms. The van der Waals surface area contributed by atoms with Crippen LogP contribution in [0.3, 0.4) is 0 Å². The van der Waals surface area contributed by atoms with E-state index in [9.17, 15) is 19.2 Å². The van der Waals surface area contributed by atoms with E-state index in [1.54, 1.807) is 6.07 Å². The number of hydrogen-bond donors (Lipinski definition) is 1. The number of carboxylic acid groups (broad SMARTS) is 1. The highest BCUT2D eigenvalue weighted by atomic mass is 127. The first-order valence-corrected chi connectivity index (χ1v) is 10.2. The van der Waals surface area contributed by atoms with Crippen LogP contribution in [0.1, 0.15) is 23.2 Å². The molecule has 2 bridgehead atoms. The first-order chi connectivity index (χ1) is 13.8. The van der Waals surface area contributed by atoms with Crippen molar-refractivity contribution in [1.82, 2.24) is 0 Å².